The van der Waals surface area contributed by atoms with Crippen LogP contribution < -0.4 is 5.32 Å². The van der Waals surface area contributed by atoms with E-state index in [1.165, 1.54) is 12.1 Å². The molecule has 1 N–H and O–H groups in total. The largest absolute Gasteiger partial charge is 0.460 e. The summed E-state index contributed by atoms with van der Waals surface area (Å²) in [7, 11) is 0. The number of halogens is 1. The van der Waals surface area contributed by atoms with Gasteiger partial charge in [-0.3, -0.25) is 4.79 Å². The zero-order valence-corrected chi connectivity index (χ0v) is 17.3. The van der Waals surface area contributed by atoms with Crippen LogP contribution >= 0.6 is 0 Å². The van der Waals surface area contributed by atoms with Crippen molar-refractivity contribution in [3.63, 3.8) is 0 Å². The Hall–Kier alpha value is -2.37. The van der Waals surface area contributed by atoms with E-state index < -0.39 is 23.8 Å². The number of amides is 1. The van der Waals surface area contributed by atoms with Crippen LogP contribution in [0.3, 0.4) is 0 Å². The van der Waals surface area contributed by atoms with Gasteiger partial charge in [0.15, 0.2) is 0 Å². The molecule has 0 aromatic heterocycles. The van der Waals surface area contributed by atoms with Crippen LogP contribution in [0, 0.1) is 11.7 Å². The Bertz CT molecular complexity index is 734. The summed E-state index contributed by atoms with van der Waals surface area (Å²) in [6.45, 7) is 9.29. The summed E-state index contributed by atoms with van der Waals surface area (Å²) in [5.74, 6) is -0.855. The molecule has 1 amide bonds. The maximum absolute atomic E-state index is 13.6. The molecule has 0 unspecified atom stereocenters. The van der Waals surface area contributed by atoms with Crippen molar-refractivity contribution in [1.82, 2.24) is 5.32 Å². The molecule has 1 saturated heterocycles. The number of hydrogen-bond acceptors (Lipinski definition) is 4. The Morgan fingerprint density at radius 2 is 2.11 bits per heavy atom. The molecule has 1 aliphatic heterocycles. The highest BCUT2D eigenvalue weighted by Crippen LogP contribution is 2.28. The van der Waals surface area contributed by atoms with Gasteiger partial charge in [-0.25, -0.2) is 9.18 Å². The number of allylic oxidation sites excluding steroid dienone is 2. The highest BCUT2D eigenvalue weighted by molar-refractivity contribution is 5.75. The fourth-order valence-corrected chi connectivity index (χ4v) is 3.14. The van der Waals surface area contributed by atoms with Crippen molar-refractivity contribution in [3.8, 4) is 0 Å². The minimum absolute atomic E-state index is 0.240. The third-order valence-corrected chi connectivity index (χ3v) is 4.42. The van der Waals surface area contributed by atoms with E-state index >= 15 is 0 Å². The Balaban J connectivity index is 2.14. The van der Waals surface area contributed by atoms with Crippen molar-refractivity contribution in [1.29, 1.82) is 0 Å². The van der Waals surface area contributed by atoms with Gasteiger partial charge in [0.25, 0.3) is 0 Å². The number of hydrogen-bond donors (Lipinski definition) is 1. The molecular formula is C22H30FNO4. The van der Waals surface area contributed by atoms with Gasteiger partial charge in [0.1, 0.15) is 17.5 Å². The summed E-state index contributed by atoms with van der Waals surface area (Å²) >= 11 is 0. The topological polar surface area (TPSA) is 64.6 Å². The van der Waals surface area contributed by atoms with Gasteiger partial charge >= 0.3 is 12.1 Å². The van der Waals surface area contributed by atoms with E-state index in [1.807, 2.05) is 19.9 Å². The van der Waals surface area contributed by atoms with E-state index in [2.05, 4.69) is 5.32 Å². The minimum Gasteiger partial charge on any atom is -0.460 e. The smallest absolute Gasteiger partial charge is 0.408 e. The molecule has 2 rings (SSSR count). The van der Waals surface area contributed by atoms with E-state index in [1.54, 1.807) is 32.9 Å². The van der Waals surface area contributed by atoms with E-state index in [9.17, 15) is 14.0 Å². The Morgan fingerprint density at radius 3 is 2.71 bits per heavy atom. The molecular weight excluding hydrogens is 361 g/mol. The summed E-state index contributed by atoms with van der Waals surface area (Å²) in [4.78, 5) is 24.6. The van der Waals surface area contributed by atoms with Crippen LogP contribution in [0.25, 0.3) is 0 Å². The second-order valence-corrected chi connectivity index (χ2v) is 8.51. The first-order valence-corrected chi connectivity index (χ1v) is 9.61. The molecule has 5 nitrogen and oxygen atoms in total. The lowest BCUT2D eigenvalue weighted by molar-refractivity contribution is -0.145. The molecule has 28 heavy (non-hydrogen) atoms. The molecule has 0 saturated carbocycles. The molecule has 6 heteroatoms. The van der Waals surface area contributed by atoms with Crippen LogP contribution in [-0.4, -0.2) is 29.8 Å². The molecule has 1 heterocycles. The van der Waals surface area contributed by atoms with Crippen molar-refractivity contribution in [2.75, 3.05) is 0 Å². The summed E-state index contributed by atoms with van der Waals surface area (Å²) in [6, 6.07) is 5.68. The second-order valence-electron chi connectivity index (χ2n) is 8.51. The van der Waals surface area contributed by atoms with Crippen LogP contribution in [0.4, 0.5) is 9.18 Å². The second kappa shape index (κ2) is 9.22. The molecule has 1 aromatic carbocycles. The number of rotatable bonds is 6. The van der Waals surface area contributed by atoms with Gasteiger partial charge < -0.3 is 14.8 Å². The number of nitrogens with one attached hydrogen (secondary N) is 1. The van der Waals surface area contributed by atoms with Crippen molar-refractivity contribution >= 4 is 12.1 Å². The number of esters is 1. The van der Waals surface area contributed by atoms with Gasteiger partial charge in [-0.15, -0.1) is 0 Å². The molecule has 154 valence electrons. The first-order valence-electron chi connectivity index (χ1n) is 9.61. The standard InChI is InChI=1S/C22H30FNO4/c1-14(2)9-10-16-13-19(27-20(16)25)18(24-21(26)28-22(3,4)5)12-15-7-6-8-17(23)11-15/h6-9,11,16,18-19H,10,12-13H2,1-5H3,(H,24,26)/t16-,18+,19+/m1/s1. The van der Waals surface area contributed by atoms with Crippen molar-refractivity contribution in [2.24, 2.45) is 5.92 Å². The summed E-state index contributed by atoms with van der Waals surface area (Å²) in [6.07, 6.45) is 2.38. The number of carbonyl (C=O) groups is 2. The van der Waals surface area contributed by atoms with Crippen molar-refractivity contribution < 1.29 is 23.5 Å². The van der Waals surface area contributed by atoms with Crippen LogP contribution in [-0.2, 0) is 20.7 Å². The molecule has 0 spiro atoms. The first-order chi connectivity index (χ1) is 13.0. The highest BCUT2D eigenvalue weighted by Gasteiger charge is 2.39. The van der Waals surface area contributed by atoms with Crippen LogP contribution in [0.2, 0.25) is 0 Å². The summed E-state index contributed by atoms with van der Waals surface area (Å²) in [5.41, 5.74) is 1.20. The van der Waals surface area contributed by atoms with E-state index in [4.69, 9.17) is 9.47 Å². The van der Waals surface area contributed by atoms with Crippen molar-refractivity contribution in [2.45, 2.75) is 71.6 Å². The normalized spacial score (nSPS) is 20.3. The lowest BCUT2D eigenvalue weighted by atomic mass is 9.94. The number of carbonyl (C=O) groups excluding carboxylic acids is 2. The molecule has 1 aliphatic rings. The predicted octanol–water partition coefficient (Wildman–Crippen LogP) is 4.55. The van der Waals surface area contributed by atoms with E-state index in [0.29, 0.717) is 24.8 Å². The fraction of sp³-hybridized carbons (Fsp3) is 0.545. The zero-order valence-electron chi connectivity index (χ0n) is 17.3. The van der Waals surface area contributed by atoms with Crippen LogP contribution in [0.15, 0.2) is 35.9 Å². The third-order valence-electron chi connectivity index (χ3n) is 4.42. The molecule has 0 aliphatic carbocycles. The average Bonchev–Trinajstić information content (AvgIpc) is 2.91. The number of alkyl carbamates (subject to hydrolysis) is 1. The van der Waals surface area contributed by atoms with E-state index in [0.717, 1.165) is 5.57 Å². The fourth-order valence-electron chi connectivity index (χ4n) is 3.14. The van der Waals surface area contributed by atoms with Gasteiger partial charge in [0, 0.05) is 0 Å². The van der Waals surface area contributed by atoms with Gasteiger partial charge in [-0.1, -0.05) is 23.8 Å². The van der Waals surface area contributed by atoms with Crippen LogP contribution in [0.1, 0.15) is 53.0 Å². The molecule has 0 bridgehead atoms. The Kier molecular flexibility index (Phi) is 7.22. The van der Waals surface area contributed by atoms with Gasteiger partial charge in [0.05, 0.1) is 12.0 Å². The van der Waals surface area contributed by atoms with Crippen molar-refractivity contribution in [3.05, 3.63) is 47.3 Å². The lowest BCUT2D eigenvalue weighted by Gasteiger charge is -2.26. The SMILES string of the molecule is CC(C)=CC[C@@H]1C[C@@H]([C@H](Cc2cccc(F)c2)NC(=O)OC(C)(C)C)OC1=O. The average molecular weight is 391 g/mol. The van der Waals surface area contributed by atoms with Gasteiger partial charge in [-0.2, -0.15) is 0 Å². The predicted molar refractivity (Wildman–Crippen MR) is 105 cm³/mol. The van der Waals surface area contributed by atoms with Crippen LogP contribution in [0.5, 0.6) is 0 Å². The molecule has 1 fully saturated rings. The highest BCUT2D eigenvalue weighted by atomic mass is 19.1. The summed E-state index contributed by atoms with van der Waals surface area (Å²) in [5, 5.41) is 2.81. The minimum atomic E-state index is -0.647. The Labute approximate surface area is 166 Å². The Morgan fingerprint density at radius 1 is 1.39 bits per heavy atom. The van der Waals surface area contributed by atoms with Gasteiger partial charge in [-0.05, 0) is 71.6 Å². The molecule has 3 atom stereocenters. The zero-order chi connectivity index (χ0) is 20.9. The quantitative estimate of drug-likeness (QED) is 0.571. The molecule has 0 radical (unpaired) electrons. The maximum atomic E-state index is 13.6. The number of benzene rings is 1. The van der Waals surface area contributed by atoms with E-state index in [-0.39, 0.29) is 17.7 Å². The maximum Gasteiger partial charge on any atom is 0.408 e. The third kappa shape index (κ3) is 6.98. The first kappa shape index (κ1) is 21.9. The summed E-state index contributed by atoms with van der Waals surface area (Å²) < 4.78 is 24.5. The number of cyclic esters (lactones) is 1. The lowest BCUT2D eigenvalue weighted by Crippen LogP contribution is -2.46. The molecule has 1 aromatic rings. The van der Waals surface area contributed by atoms with Gasteiger partial charge in [0.2, 0.25) is 0 Å². The number of ether oxygens (including phenoxy) is 2. The monoisotopic (exact) mass is 391 g/mol.